The van der Waals surface area contributed by atoms with Crippen LogP contribution in [0.5, 0.6) is 0 Å². The van der Waals surface area contributed by atoms with Crippen LogP contribution >= 0.6 is 0 Å². The molecule has 0 unspecified atom stereocenters. The summed E-state index contributed by atoms with van der Waals surface area (Å²) < 4.78 is 0. The Balaban J connectivity index is 1.67. The van der Waals surface area contributed by atoms with Crippen LogP contribution < -0.4 is 4.90 Å². The van der Waals surface area contributed by atoms with Crippen molar-refractivity contribution in [2.45, 2.75) is 19.9 Å². The van der Waals surface area contributed by atoms with E-state index in [2.05, 4.69) is 33.9 Å². The lowest BCUT2D eigenvalue weighted by Gasteiger charge is -2.24. The molecule has 0 bridgehead atoms. The molecular weight excluding hydrogens is 348 g/mol. The van der Waals surface area contributed by atoms with Crippen LogP contribution in [0.15, 0.2) is 73.3 Å². The summed E-state index contributed by atoms with van der Waals surface area (Å²) in [6.45, 7) is 4.38. The van der Waals surface area contributed by atoms with Crippen molar-refractivity contribution in [3.05, 3.63) is 90.0 Å². The lowest BCUT2D eigenvalue weighted by atomic mass is 10.1. The van der Waals surface area contributed by atoms with Gasteiger partial charge in [-0.15, -0.1) is 0 Å². The molecule has 3 rings (SSSR count). The molecule has 1 aromatic carbocycles. The van der Waals surface area contributed by atoms with Gasteiger partial charge >= 0.3 is 0 Å². The molecule has 0 saturated carbocycles. The van der Waals surface area contributed by atoms with E-state index in [0.717, 1.165) is 25.2 Å². The highest BCUT2D eigenvalue weighted by Gasteiger charge is 2.14. The fourth-order valence-electron chi connectivity index (χ4n) is 3.08. The fourth-order valence-corrected chi connectivity index (χ4v) is 3.08. The van der Waals surface area contributed by atoms with Gasteiger partial charge in [0.15, 0.2) is 0 Å². The zero-order valence-electron chi connectivity index (χ0n) is 16.5. The number of pyridine rings is 2. The van der Waals surface area contributed by atoms with Gasteiger partial charge in [-0.25, -0.2) is 0 Å². The van der Waals surface area contributed by atoms with Crippen molar-refractivity contribution in [3.8, 4) is 0 Å². The van der Waals surface area contributed by atoms with Gasteiger partial charge in [0.1, 0.15) is 0 Å². The first-order valence-electron chi connectivity index (χ1n) is 9.55. The molecular formula is C23H26N4O. The Hall–Kier alpha value is -3.21. The number of aromatic nitrogens is 2. The number of hydrogen-bond donors (Lipinski definition) is 0. The third-order valence-corrected chi connectivity index (χ3v) is 4.77. The molecule has 2 heterocycles. The average molecular weight is 374 g/mol. The minimum Gasteiger partial charge on any atom is -0.366 e. The quantitative estimate of drug-likeness (QED) is 0.601. The molecule has 28 heavy (non-hydrogen) atoms. The van der Waals surface area contributed by atoms with Crippen LogP contribution in [0, 0.1) is 0 Å². The minimum atomic E-state index is -0.0147. The van der Waals surface area contributed by atoms with E-state index < -0.39 is 0 Å². The Morgan fingerprint density at radius 1 is 0.964 bits per heavy atom. The molecule has 5 nitrogen and oxygen atoms in total. The van der Waals surface area contributed by atoms with Crippen LogP contribution in [0.2, 0.25) is 0 Å². The number of carbonyl (C=O) groups excluding carboxylic acids is 1. The second-order valence-electron chi connectivity index (χ2n) is 6.76. The zero-order valence-corrected chi connectivity index (χ0v) is 16.5. The summed E-state index contributed by atoms with van der Waals surface area (Å²) in [5.41, 5.74) is 3.97. The molecule has 144 valence electrons. The molecule has 0 atom stereocenters. The van der Waals surface area contributed by atoms with Crippen molar-refractivity contribution in [2.75, 3.05) is 25.0 Å². The predicted octanol–water partition coefficient (Wildman–Crippen LogP) is 3.82. The summed E-state index contributed by atoms with van der Waals surface area (Å²) >= 11 is 0. The highest BCUT2D eigenvalue weighted by Crippen LogP contribution is 2.18. The highest BCUT2D eigenvalue weighted by molar-refractivity contribution is 5.94. The van der Waals surface area contributed by atoms with Gasteiger partial charge in [0.05, 0.1) is 17.4 Å². The Morgan fingerprint density at radius 2 is 1.71 bits per heavy atom. The Labute approximate surface area is 166 Å². The Bertz CT molecular complexity index is 883. The van der Waals surface area contributed by atoms with Crippen LogP contribution in [0.3, 0.4) is 0 Å². The van der Waals surface area contributed by atoms with E-state index in [0.29, 0.717) is 12.1 Å². The molecule has 0 radical (unpaired) electrons. The second kappa shape index (κ2) is 9.65. The van der Waals surface area contributed by atoms with E-state index in [1.54, 1.807) is 23.5 Å². The maximum absolute atomic E-state index is 12.8. The van der Waals surface area contributed by atoms with Crippen LogP contribution in [0.1, 0.15) is 28.4 Å². The Kier molecular flexibility index (Phi) is 6.73. The molecule has 3 aromatic rings. The van der Waals surface area contributed by atoms with Gasteiger partial charge < -0.3 is 9.80 Å². The minimum absolute atomic E-state index is 0.0147. The number of carbonyl (C=O) groups is 1. The second-order valence-corrected chi connectivity index (χ2v) is 6.76. The molecule has 0 aliphatic carbocycles. The predicted molar refractivity (Wildman–Crippen MR) is 112 cm³/mol. The normalized spacial score (nSPS) is 10.5. The van der Waals surface area contributed by atoms with E-state index in [1.807, 2.05) is 49.6 Å². The van der Waals surface area contributed by atoms with Crippen molar-refractivity contribution in [3.63, 3.8) is 0 Å². The van der Waals surface area contributed by atoms with Gasteiger partial charge in [-0.1, -0.05) is 30.3 Å². The standard InChI is InChI=1S/C23H26N4O/c1-3-27(18-20-7-5-4-6-8-20)22-15-21(16-25-17-22)23(28)26(2)14-11-19-9-12-24-13-10-19/h4-10,12-13,15-17H,3,11,14,18H2,1-2H3. The molecule has 0 spiro atoms. The molecule has 0 aliphatic rings. The van der Waals surface area contributed by atoms with E-state index in [4.69, 9.17) is 0 Å². The third-order valence-electron chi connectivity index (χ3n) is 4.77. The molecule has 0 saturated heterocycles. The maximum Gasteiger partial charge on any atom is 0.255 e. The first kappa shape index (κ1) is 19.5. The highest BCUT2D eigenvalue weighted by atomic mass is 16.2. The zero-order chi connectivity index (χ0) is 19.8. The topological polar surface area (TPSA) is 49.3 Å². The lowest BCUT2D eigenvalue weighted by molar-refractivity contribution is 0.0796. The van der Waals surface area contributed by atoms with E-state index >= 15 is 0 Å². The number of nitrogens with zero attached hydrogens (tertiary/aromatic N) is 4. The SMILES string of the molecule is CCN(Cc1ccccc1)c1cncc(C(=O)N(C)CCc2ccncc2)c1. The maximum atomic E-state index is 12.8. The van der Waals surface area contributed by atoms with Crippen LogP contribution in [-0.4, -0.2) is 40.9 Å². The number of benzene rings is 1. The number of rotatable bonds is 8. The fraction of sp³-hybridized carbons (Fsp3) is 0.261. The molecule has 2 aromatic heterocycles. The number of hydrogen-bond acceptors (Lipinski definition) is 4. The van der Waals surface area contributed by atoms with Crippen molar-refractivity contribution in [1.29, 1.82) is 0 Å². The Morgan fingerprint density at radius 3 is 2.43 bits per heavy atom. The molecule has 0 N–H and O–H groups in total. The van der Waals surface area contributed by atoms with Crippen molar-refractivity contribution in [1.82, 2.24) is 14.9 Å². The van der Waals surface area contributed by atoms with E-state index in [1.165, 1.54) is 11.1 Å². The third kappa shape index (κ3) is 5.16. The largest absolute Gasteiger partial charge is 0.366 e. The summed E-state index contributed by atoms with van der Waals surface area (Å²) in [7, 11) is 1.83. The van der Waals surface area contributed by atoms with Crippen molar-refractivity contribution in [2.24, 2.45) is 0 Å². The van der Waals surface area contributed by atoms with E-state index in [-0.39, 0.29) is 5.91 Å². The smallest absolute Gasteiger partial charge is 0.255 e. The summed E-state index contributed by atoms with van der Waals surface area (Å²) in [5, 5.41) is 0. The first-order valence-corrected chi connectivity index (χ1v) is 9.55. The summed E-state index contributed by atoms with van der Waals surface area (Å²) in [6, 6.07) is 16.2. The number of amides is 1. The van der Waals surface area contributed by atoms with Crippen molar-refractivity contribution >= 4 is 11.6 Å². The van der Waals surface area contributed by atoms with Gasteiger partial charge in [-0.05, 0) is 42.7 Å². The monoisotopic (exact) mass is 374 g/mol. The lowest BCUT2D eigenvalue weighted by Crippen LogP contribution is -2.29. The van der Waals surface area contributed by atoms with Crippen LogP contribution in [0.4, 0.5) is 5.69 Å². The summed E-state index contributed by atoms with van der Waals surface area (Å²) in [5.74, 6) is -0.0147. The number of anilines is 1. The van der Waals surface area contributed by atoms with Gasteiger partial charge in [-0.2, -0.15) is 0 Å². The molecule has 0 fully saturated rings. The molecule has 1 amide bonds. The van der Waals surface area contributed by atoms with Crippen molar-refractivity contribution < 1.29 is 4.79 Å². The van der Waals surface area contributed by atoms with Gasteiger partial charge in [0.2, 0.25) is 0 Å². The van der Waals surface area contributed by atoms with Crippen LogP contribution in [-0.2, 0) is 13.0 Å². The van der Waals surface area contributed by atoms with E-state index in [9.17, 15) is 4.79 Å². The average Bonchev–Trinajstić information content (AvgIpc) is 2.76. The summed E-state index contributed by atoms with van der Waals surface area (Å²) in [4.78, 5) is 25.2. The molecule has 5 heteroatoms. The number of likely N-dealkylation sites (N-methyl/N-ethyl adjacent to an activating group) is 1. The van der Waals surface area contributed by atoms with Gasteiger partial charge in [-0.3, -0.25) is 14.8 Å². The van der Waals surface area contributed by atoms with Crippen LogP contribution in [0.25, 0.3) is 0 Å². The molecule has 0 aliphatic heterocycles. The summed E-state index contributed by atoms with van der Waals surface area (Å²) in [6.07, 6.45) is 7.81. The van der Waals surface area contributed by atoms with Gasteiger partial charge in [0.25, 0.3) is 5.91 Å². The van der Waals surface area contributed by atoms with Gasteiger partial charge in [0, 0.05) is 45.3 Å². The first-order chi connectivity index (χ1) is 13.7.